The fourth-order valence-electron chi connectivity index (χ4n) is 3.71. The van der Waals surface area contributed by atoms with Crippen LogP contribution in [-0.2, 0) is 4.79 Å². The Balaban J connectivity index is 1.42. The predicted molar refractivity (Wildman–Crippen MR) is 116 cm³/mol. The molecule has 1 fully saturated rings. The first kappa shape index (κ1) is 22.9. The maximum Gasteiger partial charge on any atom is 0.268 e. The number of ether oxygens (including phenoxy) is 1. The lowest BCUT2D eigenvalue weighted by Gasteiger charge is -2.20. The van der Waals surface area contributed by atoms with Crippen molar-refractivity contribution in [3.05, 3.63) is 47.8 Å². The molecule has 1 atom stereocenters. The number of carbonyl (C=O) groups excluding carboxylic acids is 3. The second-order valence-electron chi connectivity index (χ2n) is 7.77. The van der Waals surface area contributed by atoms with Gasteiger partial charge < -0.3 is 25.6 Å². The van der Waals surface area contributed by atoms with Crippen molar-refractivity contribution in [2.75, 3.05) is 36.9 Å². The van der Waals surface area contributed by atoms with E-state index in [1.54, 1.807) is 24.3 Å². The molecular weight excluding hydrogens is 450 g/mol. The van der Waals surface area contributed by atoms with E-state index < -0.39 is 49.2 Å². The molecule has 2 aliphatic rings. The molecule has 0 bridgehead atoms. The van der Waals surface area contributed by atoms with E-state index in [0.717, 1.165) is 10.6 Å². The first-order chi connectivity index (χ1) is 16.3. The van der Waals surface area contributed by atoms with E-state index in [1.165, 1.54) is 18.5 Å². The molecule has 2 aromatic rings. The number of rotatable bonds is 5. The van der Waals surface area contributed by atoms with Gasteiger partial charge in [-0.05, 0) is 24.3 Å². The summed E-state index contributed by atoms with van der Waals surface area (Å²) in [5.41, 5.74) is 1.18. The van der Waals surface area contributed by atoms with Crippen molar-refractivity contribution < 1.29 is 27.9 Å². The molecular formula is C22H20F2N6O4. The topological polar surface area (TPSA) is 136 Å². The zero-order chi connectivity index (χ0) is 24.3. The molecule has 2 aliphatic heterocycles. The van der Waals surface area contributed by atoms with Gasteiger partial charge in [-0.3, -0.25) is 19.4 Å². The number of benzene rings is 1. The Morgan fingerprint density at radius 1 is 1.29 bits per heavy atom. The molecule has 34 heavy (non-hydrogen) atoms. The van der Waals surface area contributed by atoms with Gasteiger partial charge in [0, 0.05) is 24.7 Å². The van der Waals surface area contributed by atoms with Crippen molar-refractivity contribution in [3.63, 3.8) is 0 Å². The third-order valence-corrected chi connectivity index (χ3v) is 5.37. The number of carbonyl (C=O) groups is 3. The van der Waals surface area contributed by atoms with Gasteiger partial charge in [0.2, 0.25) is 5.91 Å². The van der Waals surface area contributed by atoms with Gasteiger partial charge in [-0.25, -0.2) is 8.78 Å². The van der Waals surface area contributed by atoms with Crippen LogP contribution in [0, 0.1) is 11.3 Å². The molecule has 0 radical (unpaired) electrons. The standard InChI is InChI=1S/C22H20F2N6O4/c23-22(24)8-14(9-25)30(12-22)19(31)11-28-21(33)15-3-4-26-10-17(15)29-20(32)13-1-2-16-18(7-13)34-6-5-27-16/h1-4,7,10,14,27H,5-6,8,11-12H2,(H,28,33)(H,29,32). The highest BCUT2D eigenvalue weighted by Crippen LogP contribution is 2.31. The van der Waals surface area contributed by atoms with Crippen molar-refractivity contribution in [3.8, 4) is 11.8 Å². The summed E-state index contributed by atoms with van der Waals surface area (Å²) in [6.07, 6.45) is 1.86. The van der Waals surface area contributed by atoms with Crippen LogP contribution in [0.2, 0.25) is 0 Å². The zero-order valence-electron chi connectivity index (χ0n) is 17.8. The van der Waals surface area contributed by atoms with Gasteiger partial charge in [-0.2, -0.15) is 5.26 Å². The maximum absolute atomic E-state index is 13.6. The molecule has 10 nitrogen and oxygen atoms in total. The minimum absolute atomic E-state index is 0.0237. The number of nitrogens with one attached hydrogen (secondary N) is 3. The van der Waals surface area contributed by atoms with Crippen LogP contribution in [0.15, 0.2) is 36.7 Å². The Kier molecular flexibility index (Phi) is 6.27. The van der Waals surface area contributed by atoms with Gasteiger partial charge in [-0.15, -0.1) is 0 Å². The fourth-order valence-corrected chi connectivity index (χ4v) is 3.71. The first-order valence-electron chi connectivity index (χ1n) is 10.4. The molecule has 1 aromatic heterocycles. The lowest BCUT2D eigenvalue weighted by Crippen LogP contribution is -2.43. The molecule has 1 saturated heterocycles. The molecule has 1 aromatic carbocycles. The number of nitriles is 1. The summed E-state index contributed by atoms with van der Waals surface area (Å²) in [5, 5.41) is 17.1. The summed E-state index contributed by atoms with van der Waals surface area (Å²) >= 11 is 0. The van der Waals surface area contributed by atoms with Crippen molar-refractivity contribution >= 4 is 29.1 Å². The highest BCUT2D eigenvalue weighted by Gasteiger charge is 2.47. The van der Waals surface area contributed by atoms with Crippen LogP contribution in [0.3, 0.4) is 0 Å². The Morgan fingerprint density at radius 3 is 2.91 bits per heavy atom. The quantitative estimate of drug-likeness (QED) is 0.604. The number of likely N-dealkylation sites (tertiary alicyclic amines) is 1. The van der Waals surface area contributed by atoms with Crippen molar-refractivity contribution in [1.29, 1.82) is 5.26 Å². The Hall–Kier alpha value is -4.27. The average molecular weight is 470 g/mol. The van der Waals surface area contributed by atoms with Crippen LogP contribution < -0.4 is 20.7 Å². The Bertz CT molecular complexity index is 1180. The Labute approximate surface area is 192 Å². The number of alkyl halides is 2. The molecule has 0 saturated carbocycles. The van der Waals surface area contributed by atoms with E-state index in [0.29, 0.717) is 24.5 Å². The number of pyridine rings is 1. The van der Waals surface area contributed by atoms with Crippen molar-refractivity contribution in [1.82, 2.24) is 15.2 Å². The van der Waals surface area contributed by atoms with Gasteiger partial charge in [0.15, 0.2) is 0 Å². The normalized spacial score (nSPS) is 18.0. The number of hydrogen-bond acceptors (Lipinski definition) is 7. The highest BCUT2D eigenvalue weighted by atomic mass is 19.3. The number of hydrogen-bond donors (Lipinski definition) is 3. The van der Waals surface area contributed by atoms with Crippen LogP contribution >= 0.6 is 0 Å². The summed E-state index contributed by atoms with van der Waals surface area (Å²) < 4.78 is 32.7. The minimum atomic E-state index is -3.15. The summed E-state index contributed by atoms with van der Waals surface area (Å²) in [6, 6.07) is 6.65. The second kappa shape index (κ2) is 9.30. The molecule has 3 heterocycles. The minimum Gasteiger partial charge on any atom is -0.490 e. The summed E-state index contributed by atoms with van der Waals surface area (Å²) in [4.78, 5) is 42.4. The predicted octanol–water partition coefficient (Wildman–Crippen LogP) is 1.63. The van der Waals surface area contributed by atoms with E-state index in [4.69, 9.17) is 10.00 Å². The zero-order valence-corrected chi connectivity index (χ0v) is 17.8. The smallest absolute Gasteiger partial charge is 0.268 e. The van der Waals surface area contributed by atoms with Gasteiger partial charge in [0.05, 0.1) is 42.3 Å². The highest BCUT2D eigenvalue weighted by molar-refractivity contribution is 6.09. The van der Waals surface area contributed by atoms with Crippen LogP contribution in [0.25, 0.3) is 0 Å². The number of halogens is 2. The van der Waals surface area contributed by atoms with Gasteiger partial charge in [0.25, 0.3) is 17.7 Å². The fraction of sp³-hybridized carbons (Fsp3) is 0.318. The number of amides is 3. The number of anilines is 2. The summed E-state index contributed by atoms with van der Waals surface area (Å²) in [5.74, 6) is -4.65. The van der Waals surface area contributed by atoms with Crippen LogP contribution in [0.1, 0.15) is 27.1 Å². The van der Waals surface area contributed by atoms with E-state index in [2.05, 4.69) is 20.9 Å². The Morgan fingerprint density at radius 2 is 2.12 bits per heavy atom. The lowest BCUT2D eigenvalue weighted by atomic mass is 10.1. The molecule has 12 heteroatoms. The van der Waals surface area contributed by atoms with Gasteiger partial charge in [-0.1, -0.05) is 0 Å². The third-order valence-electron chi connectivity index (χ3n) is 5.37. The maximum atomic E-state index is 13.6. The monoisotopic (exact) mass is 470 g/mol. The molecule has 3 amide bonds. The molecule has 176 valence electrons. The van der Waals surface area contributed by atoms with E-state index >= 15 is 0 Å². The molecule has 3 N–H and O–H groups in total. The molecule has 4 rings (SSSR count). The van der Waals surface area contributed by atoms with Gasteiger partial charge in [0.1, 0.15) is 18.4 Å². The van der Waals surface area contributed by atoms with Crippen LogP contribution in [0.5, 0.6) is 5.75 Å². The van der Waals surface area contributed by atoms with E-state index in [1.807, 2.05) is 0 Å². The molecule has 0 aliphatic carbocycles. The van der Waals surface area contributed by atoms with E-state index in [9.17, 15) is 23.2 Å². The van der Waals surface area contributed by atoms with Crippen molar-refractivity contribution in [2.45, 2.75) is 18.4 Å². The molecule has 1 unspecified atom stereocenters. The van der Waals surface area contributed by atoms with Crippen LogP contribution in [0.4, 0.5) is 20.2 Å². The largest absolute Gasteiger partial charge is 0.490 e. The summed E-state index contributed by atoms with van der Waals surface area (Å²) in [7, 11) is 0. The van der Waals surface area contributed by atoms with Crippen molar-refractivity contribution in [2.24, 2.45) is 0 Å². The van der Waals surface area contributed by atoms with Gasteiger partial charge >= 0.3 is 0 Å². The number of fused-ring (bicyclic) bond motifs is 1. The van der Waals surface area contributed by atoms with E-state index in [-0.39, 0.29) is 11.3 Å². The van der Waals surface area contributed by atoms with Crippen LogP contribution in [-0.4, -0.2) is 65.8 Å². The molecule has 0 spiro atoms. The SMILES string of the molecule is N#CC1CC(F)(F)CN1C(=O)CNC(=O)c1ccncc1NC(=O)c1ccc2c(c1)OCCN2. The number of aromatic nitrogens is 1. The average Bonchev–Trinajstić information content (AvgIpc) is 3.17. The lowest BCUT2D eigenvalue weighted by molar-refractivity contribution is -0.131. The summed E-state index contributed by atoms with van der Waals surface area (Å²) in [6.45, 7) is -0.338. The second-order valence-corrected chi connectivity index (χ2v) is 7.77. The number of nitrogens with zero attached hydrogens (tertiary/aromatic N) is 3. The third kappa shape index (κ3) is 4.88. The first-order valence-corrected chi connectivity index (χ1v) is 10.4.